The summed E-state index contributed by atoms with van der Waals surface area (Å²) in [5, 5.41) is 0. The molecule has 1 heterocycles. The van der Waals surface area contributed by atoms with Crippen molar-refractivity contribution >= 4 is 15.9 Å². The molecule has 0 aromatic heterocycles. The van der Waals surface area contributed by atoms with Crippen LogP contribution in [0.1, 0.15) is 38.3 Å². The molecule has 100 valence electrons. The topological polar surface area (TPSA) is 29.3 Å². The maximum Gasteiger partial charge on any atom is 0.0484 e. The maximum atomic E-state index is 6.05. The molecule has 0 saturated carbocycles. The van der Waals surface area contributed by atoms with Gasteiger partial charge in [0.25, 0.3) is 0 Å². The Bertz CT molecular complexity index is 394. The number of nitrogens with zero attached hydrogens (tertiary/aromatic N) is 1. The van der Waals surface area contributed by atoms with Gasteiger partial charge in [-0.05, 0) is 37.3 Å². The van der Waals surface area contributed by atoms with Crippen LogP contribution in [-0.4, -0.2) is 24.0 Å². The van der Waals surface area contributed by atoms with Crippen LogP contribution in [0.2, 0.25) is 0 Å². The molecule has 3 unspecified atom stereocenters. The Kier molecular flexibility index (Phi) is 4.82. The minimum atomic E-state index is 0.332. The van der Waals surface area contributed by atoms with E-state index >= 15 is 0 Å². The molecule has 1 aliphatic rings. The van der Waals surface area contributed by atoms with Crippen molar-refractivity contribution in [3.8, 4) is 0 Å². The first-order valence-electron chi connectivity index (χ1n) is 6.83. The average Bonchev–Trinajstić information content (AvgIpc) is 2.36. The number of halogens is 1. The Morgan fingerprint density at radius 3 is 2.72 bits per heavy atom. The first kappa shape index (κ1) is 14.0. The molecule has 3 atom stereocenters. The number of hydrogen-bond acceptors (Lipinski definition) is 2. The van der Waals surface area contributed by atoms with E-state index in [2.05, 4.69) is 58.9 Å². The van der Waals surface area contributed by atoms with Crippen LogP contribution >= 0.6 is 15.9 Å². The Morgan fingerprint density at radius 2 is 2.06 bits per heavy atom. The number of likely N-dealkylation sites (tertiary alicyclic amines) is 1. The minimum Gasteiger partial charge on any atom is -0.329 e. The van der Waals surface area contributed by atoms with Crippen LogP contribution in [-0.2, 0) is 0 Å². The van der Waals surface area contributed by atoms with Gasteiger partial charge in [0.2, 0.25) is 0 Å². The maximum absolute atomic E-state index is 6.05. The molecule has 2 N–H and O–H groups in total. The largest absolute Gasteiger partial charge is 0.329 e. The van der Waals surface area contributed by atoms with Crippen molar-refractivity contribution in [2.75, 3.05) is 13.1 Å². The summed E-state index contributed by atoms with van der Waals surface area (Å²) in [4.78, 5) is 2.58. The van der Waals surface area contributed by atoms with Crippen molar-refractivity contribution in [3.63, 3.8) is 0 Å². The molecule has 1 fully saturated rings. The molecule has 1 aliphatic heterocycles. The fourth-order valence-corrected chi connectivity index (χ4v) is 3.49. The molecule has 1 saturated heterocycles. The highest BCUT2D eigenvalue weighted by atomic mass is 79.9. The zero-order valence-electron chi connectivity index (χ0n) is 11.3. The number of rotatable bonds is 3. The number of benzene rings is 1. The zero-order valence-corrected chi connectivity index (χ0v) is 12.9. The lowest BCUT2D eigenvalue weighted by atomic mass is 9.91. The van der Waals surface area contributed by atoms with Crippen molar-refractivity contribution in [1.29, 1.82) is 0 Å². The van der Waals surface area contributed by atoms with E-state index in [-0.39, 0.29) is 0 Å². The Hall–Kier alpha value is -0.380. The van der Waals surface area contributed by atoms with Crippen LogP contribution in [0, 0.1) is 5.92 Å². The second-order valence-corrected chi connectivity index (χ2v) is 6.36. The molecule has 2 nitrogen and oxygen atoms in total. The SMILES string of the molecule is CC1CCC(C)N(C(CN)c2ccccc2Br)C1. The van der Waals surface area contributed by atoms with Crippen molar-refractivity contribution in [1.82, 2.24) is 4.90 Å². The van der Waals surface area contributed by atoms with Gasteiger partial charge in [0.05, 0.1) is 0 Å². The molecule has 0 amide bonds. The summed E-state index contributed by atoms with van der Waals surface area (Å²) in [6.07, 6.45) is 2.62. The standard InChI is InChI=1S/C15H23BrN2/c1-11-7-8-12(2)18(10-11)15(9-17)13-5-3-4-6-14(13)16/h3-6,11-12,15H,7-10,17H2,1-2H3. The lowest BCUT2D eigenvalue weighted by Gasteiger charge is -2.42. The number of piperidine rings is 1. The van der Waals surface area contributed by atoms with Crippen molar-refractivity contribution < 1.29 is 0 Å². The Labute approximate surface area is 119 Å². The first-order chi connectivity index (χ1) is 8.63. The summed E-state index contributed by atoms with van der Waals surface area (Å²) < 4.78 is 1.17. The first-order valence-corrected chi connectivity index (χ1v) is 7.63. The van der Waals surface area contributed by atoms with E-state index in [0.717, 1.165) is 12.5 Å². The fraction of sp³-hybridized carbons (Fsp3) is 0.600. The highest BCUT2D eigenvalue weighted by molar-refractivity contribution is 9.10. The third-order valence-electron chi connectivity index (χ3n) is 4.05. The van der Waals surface area contributed by atoms with Gasteiger partial charge in [0.15, 0.2) is 0 Å². The Morgan fingerprint density at radius 1 is 1.33 bits per heavy atom. The average molecular weight is 311 g/mol. The Balaban J connectivity index is 2.25. The molecular formula is C15H23BrN2. The molecule has 1 aromatic carbocycles. The molecule has 0 aliphatic carbocycles. The molecule has 18 heavy (non-hydrogen) atoms. The molecule has 0 radical (unpaired) electrons. The van der Waals surface area contributed by atoms with Crippen LogP contribution in [0.3, 0.4) is 0 Å². The molecular weight excluding hydrogens is 288 g/mol. The summed E-state index contributed by atoms with van der Waals surface area (Å²) in [5.74, 6) is 0.776. The van der Waals surface area contributed by atoms with E-state index < -0.39 is 0 Å². The normalized spacial score (nSPS) is 27.1. The summed E-state index contributed by atoms with van der Waals surface area (Å²) in [6, 6.07) is 9.41. The smallest absolute Gasteiger partial charge is 0.0484 e. The van der Waals surface area contributed by atoms with Crippen LogP contribution in [0.4, 0.5) is 0 Å². The van der Waals surface area contributed by atoms with Crippen LogP contribution < -0.4 is 5.73 Å². The highest BCUT2D eigenvalue weighted by Gasteiger charge is 2.29. The van der Waals surface area contributed by atoms with Gasteiger partial charge in [-0.15, -0.1) is 0 Å². The molecule has 1 aromatic rings. The third-order valence-corrected chi connectivity index (χ3v) is 4.78. The molecule has 2 rings (SSSR count). The predicted octanol–water partition coefficient (Wildman–Crippen LogP) is 3.57. The second kappa shape index (κ2) is 6.18. The molecule has 0 bridgehead atoms. The van der Waals surface area contributed by atoms with E-state index in [1.807, 2.05) is 0 Å². The number of hydrogen-bond donors (Lipinski definition) is 1. The van der Waals surface area contributed by atoms with Gasteiger partial charge in [0, 0.05) is 29.6 Å². The molecule has 0 spiro atoms. The quantitative estimate of drug-likeness (QED) is 0.924. The fourth-order valence-electron chi connectivity index (χ4n) is 2.94. The summed E-state index contributed by atoms with van der Waals surface area (Å²) in [5.41, 5.74) is 7.37. The van der Waals surface area contributed by atoms with E-state index in [1.165, 1.54) is 22.9 Å². The van der Waals surface area contributed by atoms with Crippen molar-refractivity contribution in [2.45, 2.75) is 38.8 Å². The van der Waals surface area contributed by atoms with Gasteiger partial charge >= 0.3 is 0 Å². The van der Waals surface area contributed by atoms with E-state index in [1.54, 1.807) is 0 Å². The monoisotopic (exact) mass is 310 g/mol. The highest BCUT2D eigenvalue weighted by Crippen LogP contribution is 2.33. The van der Waals surface area contributed by atoms with E-state index in [0.29, 0.717) is 18.6 Å². The lowest BCUT2D eigenvalue weighted by Crippen LogP contribution is -2.45. The van der Waals surface area contributed by atoms with Crippen LogP contribution in [0.25, 0.3) is 0 Å². The summed E-state index contributed by atoms with van der Waals surface area (Å²) >= 11 is 3.66. The van der Waals surface area contributed by atoms with Gasteiger partial charge in [-0.25, -0.2) is 0 Å². The number of nitrogens with two attached hydrogens (primary N) is 1. The minimum absolute atomic E-state index is 0.332. The third kappa shape index (κ3) is 2.95. The lowest BCUT2D eigenvalue weighted by molar-refractivity contribution is 0.0795. The zero-order chi connectivity index (χ0) is 13.1. The summed E-state index contributed by atoms with van der Waals surface area (Å²) in [6.45, 7) is 6.50. The predicted molar refractivity (Wildman–Crippen MR) is 80.5 cm³/mol. The van der Waals surface area contributed by atoms with Crippen molar-refractivity contribution in [3.05, 3.63) is 34.3 Å². The van der Waals surface area contributed by atoms with E-state index in [4.69, 9.17) is 5.73 Å². The van der Waals surface area contributed by atoms with Gasteiger partial charge in [-0.1, -0.05) is 41.1 Å². The van der Waals surface area contributed by atoms with E-state index in [9.17, 15) is 0 Å². The molecule has 3 heteroatoms. The van der Waals surface area contributed by atoms with Crippen LogP contribution in [0.5, 0.6) is 0 Å². The van der Waals surface area contributed by atoms with Gasteiger partial charge in [0.1, 0.15) is 0 Å². The van der Waals surface area contributed by atoms with Crippen LogP contribution in [0.15, 0.2) is 28.7 Å². The van der Waals surface area contributed by atoms with Gasteiger partial charge < -0.3 is 5.73 Å². The second-order valence-electron chi connectivity index (χ2n) is 5.50. The van der Waals surface area contributed by atoms with Crippen molar-refractivity contribution in [2.24, 2.45) is 11.7 Å². The van der Waals surface area contributed by atoms with Gasteiger partial charge in [-0.2, -0.15) is 0 Å². The summed E-state index contributed by atoms with van der Waals surface area (Å²) in [7, 11) is 0. The van der Waals surface area contributed by atoms with Gasteiger partial charge in [-0.3, -0.25) is 4.90 Å².